The van der Waals surface area contributed by atoms with Gasteiger partial charge in [-0.2, -0.15) is 0 Å². The summed E-state index contributed by atoms with van der Waals surface area (Å²) in [4.78, 5) is 0. The summed E-state index contributed by atoms with van der Waals surface area (Å²) in [6.45, 7) is 1.77. The van der Waals surface area contributed by atoms with Crippen molar-refractivity contribution in [2.24, 2.45) is 5.84 Å². The van der Waals surface area contributed by atoms with Crippen molar-refractivity contribution >= 4 is 0 Å². The summed E-state index contributed by atoms with van der Waals surface area (Å²) in [5.41, 5.74) is 3.74. The van der Waals surface area contributed by atoms with E-state index in [1.54, 1.807) is 0 Å². The molecule has 2 N–H and O–H groups in total. The number of nitrogens with two attached hydrogens (primary N) is 1. The van der Waals surface area contributed by atoms with Gasteiger partial charge in [0.15, 0.2) is 0 Å². The van der Waals surface area contributed by atoms with E-state index in [1.165, 1.54) is 16.7 Å². The molecule has 1 atom stereocenters. The fourth-order valence-corrected chi connectivity index (χ4v) is 3.64. The Morgan fingerprint density at radius 3 is 2.38 bits per heavy atom. The Morgan fingerprint density at radius 1 is 0.952 bits per heavy atom. The fraction of sp³-hybridized carbons (Fsp3) is 0.333. The summed E-state index contributed by atoms with van der Waals surface area (Å²) in [5.74, 6) is 5.93. The topological polar surface area (TPSA) is 38.5 Å². The summed E-state index contributed by atoms with van der Waals surface area (Å²) in [7, 11) is 0. The Morgan fingerprint density at radius 2 is 1.62 bits per heavy atom. The number of hydrogen-bond donors (Lipinski definition) is 1. The van der Waals surface area contributed by atoms with E-state index >= 15 is 0 Å². The smallest absolute Gasteiger partial charge is 0.109 e. The predicted molar refractivity (Wildman–Crippen MR) is 82.5 cm³/mol. The lowest BCUT2D eigenvalue weighted by Gasteiger charge is -2.38. The van der Waals surface area contributed by atoms with Crippen LogP contribution in [0.5, 0.6) is 0 Å². The third-order valence-corrected chi connectivity index (χ3v) is 4.79. The minimum Gasteiger partial charge on any atom is -0.358 e. The zero-order chi connectivity index (χ0) is 14.3. The highest BCUT2D eigenvalue weighted by atomic mass is 16.5. The number of piperidine rings is 1. The quantitative estimate of drug-likeness (QED) is 0.816. The number of nitrogens with zero attached hydrogens (tertiary/aromatic N) is 1. The fourth-order valence-electron chi connectivity index (χ4n) is 3.64. The van der Waals surface area contributed by atoms with Gasteiger partial charge in [0.25, 0.3) is 0 Å². The van der Waals surface area contributed by atoms with Crippen LogP contribution < -0.4 is 5.84 Å². The molecule has 3 heteroatoms. The Hall–Kier alpha value is -1.68. The van der Waals surface area contributed by atoms with Crippen LogP contribution in [0.1, 0.15) is 35.6 Å². The molecule has 0 saturated carbocycles. The summed E-state index contributed by atoms with van der Waals surface area (Å²) in [6, 6.07) is 19.2. The molecule has 0 unspecified atom stereocenters. The Balaban J connectivity index is 1.77. The maximum Gasteiger partial charge on any atom is 0.109 e. The van der Waals surface area contributed by atoms with Crippen molar-refractivity contribution in [2.75, 3.05) is 13.1 Å². The van der Waals surface area contributed by atoms with E-state index in [1.807, 2.05) is 11.1 Å². The molecular weight excluding hydrogens is 260 g/mol. The largest absolute Gasteiger partial charge is 0.358 e. The van der Waals surface area contributed by atoms with E-state index in [0.29, 0.717) is 0 Å². The van der Waals surface area contributed by atoms with Gasteiger partial charge < -0.3 is 4.74 Å². The Bertz CT molecular complexity index is 633. The minimum absolute atomic E-state index is 0.0479. The highest BCUT2D eigenvalue weighted by Gasteiger charge is 2.46. The molecule has 2 aromatic carbocycles. The number of hydrogen-bond acceptors (Lipinski definition) is 3. The maximum atomic E-state index is 6.61. The Labute approximate surface area is 125 Å². The molecule has 0 radical (unpaired) electrons. The van der Waals surface area contributed by atoms with Gasteiger partial charge in [-0.05, 0) is 29.5 Å². The lowest BCUT2D eigenvalue weighted by Crippen LogP contribution is -2.45. The van der Waals surface area contributed by atoms with Crippen molar-refractivity contribution in [3.05, 3.63) is 71.3 Å². The molecule has 1 saturated heterocycles. The average Bonchev–Trinajstić information content (AvgIpc) is 2.87. The number of fused-ring (bicyclic) bond motifs is 2. The van der Waals surface area contributed by atoms with Crippen LogP contribution in [-0.2, 0) is 10.3 Å². The molecule has 3 nitrogen and oxygen atoms in total. The lowest BCUT2D eigenvalue weighted by molar-refractivity contribution is -0.0970. The highest BCUT2D eigenvalue weighted by molar-refractivity contribution is 5.43. The molecule has 0 aromatic heterocycles. The number of ether oxygens (including phenoxy) is 1. The second-order valence-corrected chi connectivity index (χ2v) is 6.03. The molecule has 0 bridgehead atoms. The molecule has 2 aliphatic heterocycles. The van der Waals surface area contributed by atoms with Crippen molar-refractivity contribution in [3.8, 4) is 0 Å². The van der Waals surface area contributed by atoms with Gasteiger partial charge in [0, 0.05) is 13.1 Å². The average molecular weight is 280 g/mol. The van der Waals surface area contributed by atoms with Crippen LogP contribution >= 0.6 is 0 Å². The van der Waals surface area contributed by atoms with Gasteiger partial charge in [0.1, 0.15) is 6.10 Å². The normalized spacial score (nSPS) is 24.1. The first-order chi connectivity index (χ1) is 10.3. The van der Waals surface area contributed by atoms with Gasteiger partial charge in [0.2, 0.25) is 0 Å². The molecule has 4 rings (SSSR count). The predicted octanol–water partition coefficient (Wildman–Crippen LogP) is 2.97. The molecule has 2 aromatic rings. The molecule has 1 spiro atoms. The Kier molecular flexibility index (Phi) is 3.07. The molecular formula is C18H20N2O. The second kappa shape index (κ2) is 4.95. The minimum atomic E-state index is -0.160. The van der Waals surface area contributed by atoms with Crippen molar-refractivity contribution < 1.29 is 4.74 Å². The van der Waals surface area contributed by atoms with Gasteiger partial charge >= 0.3 is 0 Å². The van der Waals surface area contributed by atoms with E-state index < -0.39 is 0 Å². The molecule has 1 fully saturated rings. The first-order valence-corrected chi connectivity index (χ1v) is 7.60. The third-order valence-electron chi connectivity index (χ3n) is 4.79. The maximum absolute atomic E-state index is 6.61. The first kappa shape index (κ1) is 13.0. The molecule has 21 heavy (non-hydrogen) atoms. The van der Waals surface area contributed by atoms with Crippen molar-refractivity contribution in [1.82, 2.24) is 5.01 Å². The molecule has 2 heterocycles. The zero-order valence-electron chi connectivity index (χ0n) is 12.0. The molecule has 0 amide bonds. The van der Waals surface area contributed by atoms with Crippen LogP contribution in [0.15, 0.2) is 54.6 Å². The highest BCUT2D eigenvalue weighted by Crippen LogP contribution is 2.50. The number of hydrazine groups is 1. The van der Waals surface area contributed by atoms with Gasteiger partial charge in [-0.25, -0.2) is 5.01 Å². The van der Waals surface area contributed by atoms with E-state index in [4.69, 9.17) is 10.6 Å². The third kappa shape index (κ3) is 2.09. The van der Waals surface area contributed by atoms with Gasteiger partial charge in [-0.15, -0.1) is 0 Å². The first-order valence-electron chi connectivity index (χ1n) is 7.60. The van der Waals surface area contributed by atoms with Crippen LogP contribution in [0.4, 0.5) is 0 Å². The summed E-state index contributed by atoms with van der Waals surface area (Å²) in [6.07, 6.45) is 1.97. The number of rotatable bonds is 1. The van der Waals surface area contributed by atoms with Gasteiger partial charge in [-0.1, -0.05) is 54.6 Å². The van der Waals surface area contributed by atoms with Gasteiger partial charge in [0.05, 0.1) is 5.60 Å². The van der Waals surface area contributed by atoms with Crippen molar-refractivity contribution in [3.63, 3.8) is 0 Å². The SMILES string of the molecule is NN1CCC2(CC1)O[C@@H](c1ccccc1)c1ccccc12. The molecule has 0 aliphatic carbocycles. The van der Waals surface area contributed by atoms with E-state index in [-0.39, 0.29) is 11.7 Å². The van der Waals surface area contributed by atoms with E-state index in [0.717, 1.165) is 25.9 Å². The number of benzene rings is 2. The summed E-state index contributed by atoms with van der Waals surface area (Å²) in [5, 5.41) is 1.90. The van der Waals surface area contributed by atoms with Crippen LogP contribution in [0.25, 0.3) is 0 Å². The standard InChI is InChI=1S/C18H20N2O/c19-20-12-10-18(11-13-20)16-9-5-4-8-15(16)17(21-18)14-6-2-1-3-7-14/h1-9,17H,10-13,19H2/t17-/m0/s1. The van der Waals surface area contributed by atoms with Gasteiger partial charge in [-0.3, -0.25) is 5.84 Å². The summed E-state index contributed by atoms with van der Waals surface area (Å²) >= 11 is 0. The van der Waals surface area contributed by atoms with Crippen LogP contribution in [-0.4, -0.2) is 18.1 Å². The second-order valence-electron chi connectivity index (χ2n) is 6.03. The summed E-state index contributed by atoms with van der Waals surface area (Å²) < 4.78 is 6.61. The molecule has 108 valence electrons. The zero-order valence-corrected chi connectivity index (χ0v) is 12.0. The molecule has 2 aliphatic rings. The van der Waals surface area contributed by atoms with Crippen LogP contribution in [0, 0.1) is 0 Å². The monoisotopic (exact) mass is 280 g/mol. The van der Waals surface area contributed by atoms with E-state index in [2.05, 4.69) is 48.5 Å². The van der Waals surface area contributed by atoms with E-state index in [9.17, 15) is 0 Å². The lowest BCUT2D eigenvalue weighted by atomic mass is 9.83. The van der Waals surface area contributed by atoms with Crippen molar-refractivity contribution in [1.29, 1.82) is 0 Å². The van der Waals surface area contributed by atoms with Crippen molar-refractivity contribution in [2.45, 2.75) is 24.5 Å². The van der Waals surface area contributed by atoms with Crippen LogP contribution in [0.3, 0.4) is 0 Å². The van der Waals surface area contributed by atoms with Crippen LogP contribution in [0.2, 0.25) is 0 Å².